The van der Waals surface area contributed by atoms with E-state index in [0.29, 0.717) is 11.1 Å². The van der Waals surface area contributed by atoms with Gasteiger partial charge in [-0.3, -0.25) is 83.1 Å². The van der Waals surface area contributed by atoms with Gasteiger partial charge in [0.1, 0.15) is 105 Å². The van der Waals surface area contributed by atoms with Crippen LogP contribution < -0.4 is 49.0 Å². The number of aliphatic hydroxyl groups excluding tert-OH is 1. The molecule has 4 fully saturated rings. The molecule has 5 aromatic carbocycles. The zero-order valence-corrected chi connectivity index (χ0v) is 75.3. The van der Waals surface area contributed by atoms with Crippen molar-refractivity contribution in [2.24, 2.45) is 0 Å². The second kappa shape index (κ2) is 42.2. The summed E-state index contributed by atoms with van der Waals surface area (Å²) in [5, 5.41) is 19.8. The van der Waals surface area contributed by atoms with Crippen molar-refractivity contribution in [3.63, 3.8) is 0 Å². The summed E-state index contributed by atoms with van der Waals surface area (Å²) in [7, 11) is -19.2. The highest BCUT2D eigenvalue weighted by Crippen LogP contribution is 2.59. The quantitative estimate of drug-likeness (QED) is 0.0103. The maximum absolute atomic E-state index is 16.2. The number of carbonyl (C=O) groups excluding carboxylic acids is 3. The van der Waals surface area contributed by atoms with Crippen LogP contribution in [0.1, 0.15) is 119 Å². The molecule has 4 aliphatic rings. The maximum atomic E-state index is 16.2. The predicted molar refractivity (Wildman–Crippen MR) is 472 cm³/mol. The number of aliphatic hydroxyl groups is 1. The van der Waals surface area contributed by atoms with Gasteiger partial charge in [0.2, 0.25) is 19.6 Å². The minimum absolute atomic E-state index is 0.0169. The zero-order chi connectivity index (χ0) is 92.8. The lowest BCUT2D eigenvalue weighted by Crippen LogP contribution is -2.68. The second-order valence-corrected chi connectivity index (χ2v) is 40.8. The molecule has 686 valence electrons. The van der Waals surface area contributed by atoms with Crippen LogP contribution in [0.25, 0.3) is 25.7 Å². The maximum Gasteiger partial charge on any atom is 0.475 e. The third-order valence-electron chi connectivity index (χ3n) is 21.8. The Kier molecular flexibility index (Phi) is 30.7. The van der Waals surface area contributed by atoms with Crippen molar-refractivity contribution in [3.05, 3.63) is 292 Å². The number of carbonyl (C=O) groups is 3. The van der Waals surface area contributed by atoms with E-state index < -0.39 is 217 Å². The molecule has 0 radical (unpaired) electrons. The lowest BCUT2D eigenvalue weighted by molar-refractivity contribution is -0.0665. The van der Waals surface area contributed by atoms with E-state index in [2.05, 4.69) is 81.2 Å². The molecule has 0 bridgehead atoms. The van der Waals surface area contributed by atoms with Crippen LogP contribution in [-0.4, -0.2) is 194 Å². The first kappa shape index (κ1) is 95.4. The Bertz CT molecular complexity index is 6260. The number of aromatic amines is 1. The minimum Gasteiger partial charge on any atom is -0.402 e. The summed E-state index contributed by atoms with van der Waals surface area (Å²) >= 11 is 0. The van der Waals surface area contributed by atoms with E-state index >= 15 is 13.7 Å². The van der Waals surface area contributed by atoms with E-state index in [4.69, 9.17) is 83.8 Å². The van der Waals surface area contributed by atoms with Crippen molar-refractivity contribution >= 4 is 88.5 Å². The number of phosphoric acid groups is 3. The Labute approximate surface area is 750 Å². The number of ether oxygens (including phenoxy) is 4. The molecule has 10 aromatic rings. The predicted octanol–water partition coefficient (Wildman–Crippen LogP) is 10.00. The molecule has 15 atom stereocenters. The largest absolute Gasteiger partial charge is 0.475 e. The van der Waals surface area contributed by atoms with Gasteiger partial charge in [0, 0.05) is 77.7 Å². The second-order valence-electron chi connectivity index (χ2n) is 31.7. The van der Waals surface area contributed by atoms with Crippen LogP contribution in [0.5, 0.6) is 0 Å². The van der Waals surface area contributed by atoms with Crippen molar-refractivity contribution in [1.29, 1.82) is 0 Å². The van der Waals surface area contributed by atoms with E-state index in [1.54, 1.807) is 105 Å². The van der Waals surface area contributed by atoms with E-state index in [-0.39, 0.29) is 76.7 Å². The van der Waals surface area contributed by atoms with Gasteiger partial charge in [-0.25, -0.2) is 62.7 Å². The zero-order valence-electron chi connectivity index (χ0n) is 71.6. The van der Waals surface area contributed by atoms with Crippen LogP contribution >= 0.6 is 23.5 Å². The SMILES string of the molecule is [C-]#[N+]CCOP(=O)(OC[C@H]1O[C@@H](n2cc(C)c(NC(=O)c3ccccc3)nc2=O)C[C@H]1O[Si](c1ccccc1)(c1ccccc1)C(C)(C)C)O[C@@H]1C[C@H](n2cc(C)c(NC(=O)c3ccccc3)nc2=O)O[C@@H]1COP(=O)(OCC[N+]#[C-])O[C@@H]1C[C@H](n2cnc3c(NC(=O)c4ccccc4)ncnc32)O[C@@H]1COP(=O)(OCC[N+]#[C-])O[C@@H]1C[C@H](n2cc(C)c(=O)[nH]c2=O)O[C@@H]1CO. The van der Waals surface area contributed by atoms with Crippen molar-refractivity contribution in [3.8, 4) is 0 Å². The van der Waals surface area contributed by atoms with Gasteiger partial charge >= 0.3 is 40.5 Å². The van der Waals surface area contributed by atoms with Crippen LogP contribution in [0, 0.1) is 40.5 Å². The molecule has 0 saturated carbocycles. The molecule has 14 rings (SSSR count). The molecule has 41 nitrogen and oxygen atoms in total. The third-order valence-corrected chi connectivity index (χ3v) is 31.3. The number of amides is 3. The van der Waals surface area contributed by atoms with Crippen LogP contribution in [0.15, 0.2) is 202 Å². The number of H-pyrrole nitrogens is 1. The highest BCUT2D eigenvalue weighted by molar-refractivity contribution is 7.49. The Morgan fingerprint density at radius 2 is 0.840 bits per heavy atom. The first-order chi connectivity index (χ1) is 63.0. The van der Waals surface area contributed by atoms with Gasteiger partial charge in [-0.15, -0.1) is 0 Å². The number of fused-ring (bicyclic) bond motifs is 1. The minimum atomic E-state index is -5.32. The summed E-state index contributed by atoms with van der Waals surface area (Å²) in [5.41, 5.74) is -1.64. The molecule has 4 saturated heterocycles. The monoisotopic (exact) mass is 1870 g/mol. The highest BCUT2D eigenvalue weighted by Gasteiger charge is 2.56. The van der Waals surface area contributed by atoms with E-state index in [1.807, 2.05) is 60.7 Å². The molecule has 5 N–H and O–H groups in total. The number of rotatable bonds is 39. The Balaban J connectivity index is 0.802. The first-order valence-corrected chi connectivity index (χ1v) is 47.8. The molecule has 0 spiro atoms. The van der Waals surface area contributed by atoms with E-state index in [1.165, 1.54) is 41.0 Å². The number of imidazole rings is 1. The van der Waals surface area contributed by atoms with Gasteiger partial charge in [0.25, 0.3) is 31.6 Å². The van der Waals surface area contributed by atoms with Gasteiger partial charge in [-0.2, -0.15) is 9.97 Å². The fourth-order valence-electron chi connectivity index (χ4n) is 15.4. The smallest absolute Gasteiger partial charge is 0.402 e. The molecule has 45 heteroatoms. The number of nitrogens with zero attached hydrogens (tertiary/aromatic N) is 12. The number of hydrogen-bond acceptors (Lipinski definition) is 30. The van der Waals surface area contributed by atoms with Crippen molar-refractivity contribution < 1.29 is 97.3 Å². The number of aryl methyl sites for hydroxylation is 3. The molecule has 131 heavy (non-hydrogen) atoms. The van der Waals surface area contributed by atoms with Crippen LogP contribution in [0.3, 0.4) is 0 Å². The summed E-state index contributed by atoms with van der Waals surface area (Å²) in [6, 6.07) is 43.9. The number of aromatic nitrogens is 10. The van der Waals surface area contributed by atoms with Gasteiger partial charge in [0.15, 0.2) is 17.0 Å². The van der Waals surface area contributed by atoms with Gasteiger partial charge < -0.3 is 59.0 Å². The number of phosphoric ester groups is 3. The standard InChI is InChI=1S/C86H93N16O25P3Si/c1-54-45-99(83(108)96-75(54)93-80(105)57-25-15-10-16-26-57)71-42-63(125-130(113,116-40-37-89-9)119-51-69-65(127-131(86(4,5)6,60-31-21-13-22-32-60)61-33-23-14-24-34-61)44-72(123-69)100-46-55(2)76(97-84(100)109)94-81(106)58-27-17-11-18-28-58)67(121-71)49-118-129(112,115-39-36-88-8)126-64-43-73(102-53-92-74-77(90-52-91-78(74)102)95-82(107)59-29-19-12-20-30-59)122-68(64)50-117-128(111,114-38-35-87-7)124-62-41-70(120-66(62)48-103)101-47-56(3)79(104)98-85(101)110/h10-34,45-47,52-53,62-73,103H,35-44,48-51H2,1-6H3,(H,98,104,110)(H,90,91,95,107)(H,93,96,105,108)(H,94,97,106,109)/t62-,63-,64-,65-,66-,67-,68-,69-,70-,71-,72-,73-,128?,129?,130?/m1/s1. The Morgan fingerprint density at radius 3 is 1.24 bits per heavy atom. The van der Waals surface area contributed by atoms with Crippen LogP contribution in [-0.2, 0) is 77.8 Å². The summed E-state index contributed by atoms with van der Waals surface area (Å²) in [6.07, 6.45) is -11.4. The molecular weight excluding hydrogens is 1780 g/mol. The number of nitrogens with one attached hydrogen (secondary N) is 4. The third kappa shape index (κ3) is 22.6. The number of hydrogen-bond donors (Lipinski definition) is 5. The number of benzene rings is 5. The van der Waals surface area contributed by atoms with Crippen molar-refractivity contribution in [1.82, 2.24) is 48.2 Å². The summed E-state index contributed by atoms with van der Waals surface area (Å²) in [5.74, 6) is -1.82. The molecule has 9 heterocycles. The van der Waals surface area contributed by atoms with E-state index in [9.17, 15) is 38.7 Å². The summed E-state index contributed by atoms with van der Waals surface area (Å²) in [6.45, 7) is 27.5. The molecule has 3 unspecified atom stereocenters. The average Bonchev–Trinajstić information content (AvgIpc) is 1.53. The fraction of sp³-hybridized carbons (Fsp3) is 0.384. The Morgan fingerprint density at radius 1 is 0.481 bits per heavy atom. The topological polar surface area (TPSA) is 469 Å². The molecule has 5 aromatic heterocycles. The van der Waals surface area contributed by atoms with E-state index in [0.717, 1.165) is 25.8 Å². The normalized spacial score (nSPS) is 22.2. The van der Waals surface area contributed by atoms with Crippen LogP contribution in [0.2, 0.25) is 5.04 Å². The van der Waals surface area contributed by atoms with Gasteiger partial charge in [-0.05, 0) is 72.6 Å². The first-order valence-electron chi connectivity index (χ1n) is 41.5. The average molecular weight is 1870 g/mol. The molecule has 0 aliphatic carbocycles. The van der Waals surface area contributed by atoms with Crippen molar-refractivity contribution in [2.45, 2.75) is 146 Å². The lowest BCUT2D eigenvalue weighted by Gasteiger charge is -2.45. The highest BCUT2D eigenvalue weighted by atomic mass is 31.2. The fourth-order valence-corrected chi connectivity index (χ4v) is 24.3. The molecule has 4 aliphatic heterocycles. The number of anilines is 3. The lowest BCUT2D eigenvalue weighted by atomic mass is 10.2. The van der Waals surface area contributed by atoms with Crippen molar-refractivity contribution in [2.75, 3.05) is 81.8 Å². The van der Waals surface area contributed by atoms with Gasteiger partial charge in [0.05, 0.1) is 38.9 Å². The molecule has 3 amide bonds. The summed E-state index contributed by atoms with van der Waals surface area (Å²) in [4.78, 5) is 129. The Hall–Kier alpha value is -11.7. The molecular formula is C86H93N16O25P3Si. The summed E-state index contributed by atoms with van der Waals surface area (Å²) < 4.78 is 142. The van der Waals surface area contributed by atoms with Crippen LogP contribution in [0.4, 0.5) is 17.5 Å². The van der Waals surface area contributed by atoms with Gasteiger partial charge in [-0.1, -0.05) is 136 Å².